The van der Waals surface area contributed by atoms with Crippen LogP contribution in [0.2, 0.25) is 5.02 Å². The van der Waals surface area contributed by atoms with Gasteiger partial charge in [0.15, 0.2) is 0 Å². The predicted molar refractivity (Wildman–Crippen MR) is 166 cm³/mol. The van der Waals surface area contributed by atoms with E-state index in [1.807, 2.05) is 24.3 Å². The summed E-state index contributed by atoms with van der Waals surface area (Å²) in [6.45, 7) is 3.80. The molecule has 4 aromatic rings. The van der Waals surface area contributed by atoms with E-state index in [9.17, 15) is 22.8 Å². The number of aromatic nitrogens is 2. The number of ether oxygens (including phenoxy) is 1. The number of amides is 3. The monoisotopic (exact) mass is 639 g/mol. The van der Waals surface area contributed by atoms with Crippen molar-refractivity contribution >= 4 is 52.2 Å². The number of nitrogens with zero attached hydrogens (tertiary/aromatic N) is 3. The Morgan fingerprint density at radius 3 is 2.20 bits per heavy atom. The predicted octanol–water partition coefficient (Wildman–Crippen LogP) is 7.26. The maximum Gasteiger partial charge on any atom is 0.416 e. The van der Waals surface area contributed by atoms with E-state index in [1.165, 1.54) is 55.6 Å². The van der Waals surface area contributed by atoms with Gasteiger partial charge in [0.2, 0.25) is 5.95 Å². The number of likely N-dealkylation sites (tertiary alicyclic amines) is 1. The molecule has 1 aliphatic rings. The van der Waals surface area contributed by atoms with Gasteiger partial charge in [0.25, 0.3) is 5.91 Å². The van der Waals surface area contributed by atoms with E-state index >= 15 is 0 Å². The minimum atomic E-state index is -4.55. The minimum absolute atomic E-state index is 0.0403. The number of rotatable bonds is 10. The molecule has 5 rings (SSSR count). The Hall–Kier alpha value is -4.88. The summed E-state index contributed by atoms with van der Waals surface area (Å²) in [6, 6.07) is 15.0. The molecule has 0 aliphatic carbocycles. The highest BCUT2D eigenvalue weighted by Gasteiger charge is 2.30. The summed E-state index contributed by atoms with van der Waals surface area (Å²) < 4.78 is 44.7. The number of anilines is 5. The molecule has 2 heterocycles. The highest BCUT2D eigenvalue weighted by Crippen LogP contribution is 2.31. The van der Waals surface area contributed by atoms with Gasteiger partial charge in [-0.05, 0) is 86.6 Å². The molecule has 0 radical (unpaired) electrons. The lowest BCUT2D eigenvalue weighted by Crippen LogP contribution is -2.25. The summed E-state index contributed by atoms with van der Waals surface area (Å²) in [5.74, 6) is 0.492. The normalized spacial score (nSPS) is 13.2. The van der Waals surface area contributed by atoms with Crippen LogP contribution < -0.4 is 26.0 Å². The van der Waals surface area contributed by atoms with E-state index in [-0.39, 0.29) is 22.0 Å². The molecule has 3 aromatic carbocycles. The van der Waals surface area contributed by atoms with Crippen molar-refractivity contribution in [2.75, 3.05) is 47.5 Å². The summed E-state index contributed by atoms with van der Waals surface area (Å²) in [6.07, 6.45) is 0.777. The topological polar surface area (TPSA) is 121 Å². The van der Waals surface area contributed by atoms with Crippen molar-refractivity contribution in [3.05, 3.63) is 95.3 Å². The molecule has 1 aliphatic heterocycles. The molecule has 0 unspecified atom stereocenters. The second-order valence-corrected chi connectivity index (χ2v) is 10.6. The van der Waals surface area contributed by atoms with Gasteiger partial charge in [0.05, 0.1) is 34.2 Å². The van der Waals surface area contributed by atoms with E-state index < -0.39 is 23.7 Å². The van der Waals surface area contributed by atoms with E-state index in [2.05, 4.69) is 36.1 Å². The van der Waals surface area contributed by atoms with Crippen LogP contribution in [0.4, 0.5) is 46.7 Å². The SMILES string of the molecule is O=C(Nc1cccc(C(F)(F)F)c1)Nc1ccc(Cl)c(C(=O)Nc2cnc(Nc3ccc(OCCN4CCCC4)cc3)nc2)c1. The Bertz CT molecular complexity index is 1630. The first-order valence-corrected chi connectivity index (χ1v) is 14.4. The van der Waals surface area contributed by atoms with Crippen LogP contribution in [-0.2, 0) is 6.18 Å². The molecule has 1 saturated heterocycles. The smallest absolute Gasteiger partial charge is 0.416 e. The highest BCUT2D eigenvalue weighted by molar-refractivity contribution is 6.34. The molecule has 3 amide bonds. The van der Waals surface area contributed by atoms with Gasteiger partial charge in [0, 0.05) is 23.6 Å². The lowest BCUT2D eigenvalue weighted by atomic mass is 10.2. The van der Waals surface area contributed by atoms with Gasteiger partial charge in [0.1, 0.15) is 12.4 Å². The molecule has 1 aromatic heterocycles. The number of urea groups is 1. The lowest BCUT2D eigenvalue weighted by Gasteiger charge is -2.15. The summed E-state index contributed by atoms with van der Waals surface area (Å²) in [5, 5.41) is 10.7. The summed E-state index contributed by atoms with van der Waals surface area (Å²) in [4.78, 5) is 36.2. The lowest BCUT2D eigenvalue weighted by molar-refractivity contribution is -0.137. The Balaban J connectivity index is 1.13. The molecule has 1 fully saturated rings. The second kappa shape index (κ2) is 14.3. The molecule has 234 valence electrons. The van der Waals surface area contributed by atoms with Gasteiger partial charge in [-0.1, -0.05) is 17.7 Å². The number of hydrogen-bond donors (Lipinski definition) is 4. The van der Waals surface area contributed by atoms with Crippen molar-refractivity contribution in [2.45, 2.75) is 19.0 Å². The molecule has 0 atom stereocenters. The Morgan fingerprint density at radius 1 is 0.844 bits per heavy atom. The van der Waals surface area contributed by atoms with E-state index in [1.54, 1.807) is 0 Å². The van der Waals surface area contributed by atoms with Crippen LogP contribution in [-0.4, -0.2) is 53.0 Å². The van der Waals surface area contributed by atoms with Crippen LogP contribution in [0.3, 0.4) is 0 Å². The number of alkyl halides is 3. The van der Waals surface area contributed by atoms with Crippen molar-refractivity contribution in [3.8, 4) is 5.75 Å². The third-order valence-corrected chi connectivity index (χ3v) is 7.14. The van der Waals surface area contributed by atoms with Crippen molar-refractivity contribution in [2.24, 2.45) is 0 Å². The van der Waals surface area contributed by atoms with Gasteiger partial charge < -0.3 is 26.0 Å². The maximum atomic E-state index is 13.0. The van der Waals surface area contributed by atoms with Crippen LogP contribution in [0.5, 0.6) is 5.75 Å². The van der Waals surface area contributed by atoms with Crippen LogP contribution in [0, 0.1) is 0 Å². The Morgan fingerprint density at radius 2 is 1.51 bits per heavy atom. The van der Waals surface area contributed by atoms with Crippen molar-refractivity contribution < 1.29 is 27.5 Å². The first-order valence-electron chi connectivity index (χ1n) is 14.0. The van der Waals surface area contributed by atoms with Crippen molar-refractivity contribution in [1.82, 2.24) is 14.9 Å². The van der Waals surface area contributed by atoms with E-state index in [0.717, 1.165) is 43.2 Å². The molecule has 14 heteroatoms. The summed E-state index contributed by atoms with van der Waals surface area (Å²) >= 11 is 6.22. The van der Waals surface area contributed by atoms with Gasteiger partial charge in [-0.15, -0.1) is 0 Å². The second-order valence-electron chi connectivity index (χ2n) is 10.1. The van der Waals surface area contributed by atoms with Crippen molar-refractivity contribution in [3.63, 3.8) is 0 Å². The van der Waals surface area contributed by atoms with E-state index in [4.69, 9.17) is 16.3 Å². The number of halogens is 4. The fourth-order valence-corrected chi connectivity index (χ4v) is 4.77. The van der Waals surface area contributed by atoms with E-state index in [0.29, 0.717) is 18.2 Å². The zero-order valence-corrected chi connectivity index (χ0v) is 24.6. The fraction of sp³-hybridized carbons (Fsp3) is 0.226. The average molecular weight is 640 g/mol. The number of benzene rings is 3. The van der Waals surface area contributed by atoms with Gasteiger partial charge in [-0.3, -0.25) is 9.69 Å². The maximum absolute atomic E-state index is 13.0. The standard InChI is InChI=1S/C31H29ClF3N7O3/c32-27-11-8-23(41-30(44)40-22-5-3-4-20(16-22)31(33,34)35)17-26(27)28(43)38-24-18-36-29(37-19-24)39-21-6-9-25(10-7-21)45-15-14-42-12-1-2-13-42/h3-11,16-19H,1-2,12-15H2,(H,38,43)(H,36,37,39)(H2,40,41,44). The first kappa shape index (κ1) is 31.5. The first-order chi connectivity index (χ1) is 21.6. The van der Waals surface area contributed by atoms with Gasteiger partial charge in [-0.2, -0.15) is 13.2 Å². The molecule has 45 heavy (non-hydrogen) atoms. The molecule has 0 bridgehead atoms. The largest absolute Gasteiger partial charge is 0.492 e. The number of nitrogens with one attached hydrogen (secondary N) is 4. The van der Waals surface area contributed by atoms with Gasteiger partial charge >= 0.3 is 12.2 Å². The molecular weight excluding hydrogens is 611 g/mol. The fourth-order valence-electron chi connectivity index (χ4n) is 4.56. The Kier molecular flexibility index (Phi) is 10.0. The average Bonchev–Trinajstić information content (AvgIpc) is 3.53. The van der Waals surface area contributed by atoms with Crippen LogP contribution >= 0.6 is 11.6 Å². The van der Waals surface area contributed by atoms with Crippen LogP contribution in [0.25, 0.3) is 0 Å². The number of carbonyl (C=O) groups excluding carboxylic acids is 2. The number of hydrogen-bond acceptors (Lipinski definition) is 7. The van der Waals surface area contributed by atoms with Crippen LogP contribution in [0.15, 0.2) is 79.1 Å². The summed E-state index contributed by atoms with van der Waals surface area (Å²) in [5.41, 5.74) is 0.324. The highest BCUT2D eigenvalue weighted by atomic mass is 35.5. The minimum Gasteiger partial charge on any atom is -0.492 e. The molecule has 10 nitrogen and oxygen atoms in total. The van der Waals surface area contributed by atoms with Gasteiger partial charge in [-0.25, -0.2) is 14.8 Å². The van der Waals surface area contributed by atoms with Crippen LogP contribution in [0.1, 0.15) is 28.8 Å². The zero-order chi connectivity index (χ0) is 31.8. The van der Waals surface area contributed by atoms with Crippen molar-refractivity contribution in [1.29, 1.82) is 0 Å². The third kappa shape index (κ3) is 9.06. The molecule has 0 spiro atoms. The summed E-state index contributed by atoms with van der Waals surface area (Å²) in [7, 11) is 0. The number of carbonyl (C=O) groups is 2. The zero-order valence-electron chi connectivity index (χ0n) is 23.8. The molecule has 0 saturated carbocycles. The molecular formula is C31H29ClF3N7O3. The Labute approximate surface area is 262 Å². The molecule has 4 N–H and O–H groups in total. The quantitative estimate of drug-likeness (QED) is 0.144. The third-order valence-electron chi connectivity index (χ3n) is 6.81.